The van der Waals surface area contributed by atoms with Crippen LogP contribution in [0.15, 0.2) is 45.5 Å². The Kier molecular flexibility index (Phi) is 5.86. The monoisotopic (exact) mass is 335 g/mol. The molecule has 2 aromatic rings. The second kappa shape index (κ2) is 7.65. The molecule has 1 unspecified atom stereocenters. The lowest BCUT2D eigenvalue weighted by Gasteiger charge is -2.17. The highest BCUT2D eigenvalue weighted by atomic mass is 79.9. The van der Waals surface area contributed by atoms with E-state index in [0.29, 0.717) is 0 Å². The van der Waals surface area contributed by atoms with Gasteiger partial charge in [0.15, 0.2) is 4.67 Å². The van der Waals surface area contributed by atoms with E-state index in [1.54, 1.807) is 0 Å². The number of hydrogen-bond donors (Lipinski definition) is 1. The van der Waals surface area contributed by atoms with Crippen molar-refractivity contribution in [3.8, 4) is 0 Å². The van der Waals surface area contributed by atoms with Crippen molar-refractivity contribution < 1.29 is 4.42 Å². The van der Waals surface area contributed by atoms with Crippen LogP contribution in [0.5, 0.6) is 0 Å². The molecule has 0 radical (unpaired) electrons. The van der Waals surface area contributed by atoms with Gasteiger partial charge in [-0.05, 0) is 58.6 Å². The molecule has 1 aromatic carbocycles. The number of aryl methyl sites for hydroxylation is 1. The van der Waals surface area contributed by atoms with Crippen molar-refractivity contribution in [2.24, 2.45) is 0 Å². The van der Waals surface area contributed by atoms with Gasteiger partial charge >= 0.3 is 0 Å². The Morgan fingerprint density at radius 1 is 1.05 bits per heavy atom. The maximum absolute atomic E-state index is 5.73. The second-order valence-corrected chi connectivity index (χ2v) is 5.80. The lowest BCUT2D eigenvalue weighted by Crippen LogP contribution is -2.22. The highest BCUT2D eigenvalue weighted by molar-refractivity contribution is 9.10. The van der Waals surface area contributed by atoms with E-state index in [1.165, 1.54) is 17.5 Å². The molecule has 2 nitrogen and oxygen atoms in total. The zero-order valence-corrected chi connectivity index (χ0v) is 13.7. The summed E-state index contributed by atoms with van der Waals surface area (Å²) in [7, 11) is 0. The molecule has 108 valence electrons. The molecular weight excluding hydrogens is 314 g/mol. The van der Waals surface area contributed by atoms with Crippen LogP contribution in [0.2, 0.25) is 0 Å². The third kappa shape index (κ3) is 3.97. The fourth-order valence-corrected chi connectivity index (χ4v) is 2.64. The van der Waals surface area contributed by atoms with Gasteiger partial charge in [0.05, 0.1) is 6.04 Å². The van der Waals surface area contributed by atoms with Gasteiger partial charge in [0, 0.05) is 0 Å². The minimum atomic E-state index is 0.122. The first-order chi connectivity index (χ1) is 9.74. The number of furan rings is 1. The van der Waals surface area contributed by atoms with Gasteiger partial charge in [0.2, 0.25) is 0 Å². The van der Waals surface area contributed by atoms with Crippen LogP contribution in [-0.4, -0.2) is 6.54 Å². The second-order valence-electron chi connectivity index (χ2n) is 5.02. The summed E-state index contributed by atoms with van der Waals surface area (Å²) in [6.45, 7) is 5.35. The van der Waals surface area contributed by atoms with Gasteiger partial charge in [-0.1, -0.05) is 44.5 Å². The zero-order chi connectivity index (χ0) is 14.4. The van der Waals surface area contributed by atoms with Gasteiger partial charge < -0.3 is 9.73 Å². The minimum Gasteiger partial charge on any atom is -0.452 e. The van der Waals surface area contributed by atoms with Gasteiger partial charge in [-0.25, -0.2) is 0 Å². The molecule has 0 aliphatic carbocycles. The van der Waals surface area contributed by atoms with Crippen molar-refractivity contribution in [1.29, 1.82) is 0 Å². The van der Waals surface area contributed by atoms with Crippen LogP contribution in [0.1, 0.15) is 49.6 Å². The number of nitrogens with one attached hydrogen (secondary N) is 1. The Hall–Kier alpha value is -1.06. The first-order valence-corrected chi connectivity index (χ1v) is 8.11. The van der Waals surface area contributed by atoms with Crippen molar-refractivity contribution in [3.63, 3.8) is 0 Å². The molecule has 1 atom stereocenters. The van der Waals surface area contributed by atoms with Crippen LogP contribution in [-0.2, 0) is 6.42 Å². The van der Waals surface area contributed by atoms with E-state index in [4.69, 9.17) is 4.42 Å². The normalized spacial score (nSPS) is 12.6. The van der Waals surface area contributed by atoms with Crippen molar-refractivity contribution in [2.75, 3.05) is 6.54 Å². The van der Waals surface area contributed by atoms with Gasteiger partial charge in [0.25, 0.3) is 0 Å². The predicted octanol–water partition coefficient (Wildman–Crippen LogP) is 5.08. The Morgan fingerprint density at radius 2 is 1.80 bits per heavy atom. The molecule has 0 aliphatic heterocycles. The zero-order valence-electron chi connectivity index (χ0n) is 12.2. The maximum atomic E-state index is 5.73. The van der Waals surface area contributed by atoms with Crippen LogP contribution in [0.25, 0.3) is 0 Å². The summed E-state index contributed by atoms with van der Waals surface area (Å²) in [5.74, 6) is 0.952. The van der Waals surface area contributed by atoms with Gasteiger partial charge in [-0.3, -0.25) is 0 Å². The number of halogens is 1. The summed E-state index contributed by atoms with van der Waals surface area (Å²) in [6, 6.07) is 12.9. The van der Waals surface area contributed by atoms with Crippen molar-refractivity contribution in [1.82, 2.24) is 5.32 Å². The molecule has 20 heavy (non-hydrogen) atoms. The summed E-state index contributed by atoms with van der Waals surface area (Å²) in [4.78, 5) is 0. The fraction of sp³-hybridized carbons (Fsp3) is 0.412. The molecule has 2 rings (SSSR count). The predicted molar refractivity (Wildman–Crippen MR) is 87.0 cm³/mol. The van der Waals surface area contributed by atoms with Crippen LogP contribution in [0, 0.1) is 0 Å². The summed E-state index contributed by atoms with van der Waals surface area (Å²) in [5.41, 5.74) is 2.64. The Labute approximate surface area is 129 Å². The average molecular weight is 336 g/mol. The van der Waals surface area contributed by atoms with Gasteiger partial charge in [0.1, 0.15) is 5.76 Å². The van der Waals surface area contributed by atoms with Crippen molar-refractivity contribution in [3.05, 3.63) is 58.0 Å². The lowest BCUT2D eigenvalue weighted by molar-refractivity contribution is 0.433. The molecule has 0 aliphatic rings. The molecule has 1 aromatic heterocycles. The Bertz CT molecular complexity index is 518. The molecule has 0 saturated carbocycles. The first-order valence-electron chi connectivity index (χ1n) is 7.32. The summed E-state index contributed by atoms with van der Waals surface area (Å²) in [6.07, 6.45) is 3.42. The molecule has 3 heteroatoms. The molecule has 0 saturated heterocycles. The van der Waals surface area contributed by atoms with Crippen LogP contribution < -0.4 is 5.32 Å². The van der Waals surface area contributed by atoms with Gasteiger partial charge in [-0.15, -0.1) is 0 Å². The number of hydrogen-bond acceptors (Lipinski definition) is 2. The highest BCUT2D eigenvalue weighted by Crippen LogP contribution is 2.26. The van der Waals surface area contributed by atoms with E-state index in [9.17, 15) is 0 Å². The molecule has 1 heterocycles. The standard InChI is InChI=1S/C17H22BrNO/c1-3-5-13-6-8-14(9-7-13)17(19-12-4-2)15-10-11-16(18)20-15/h6-11,17,19H,3-5,12H2,1-2H3. The van der Waals surface area contributed by atoms with Crippen molar-refractivity contribution in [2.45, 2.75) is 39.2 Å². The maximum Gasteiger partial charge on any atom is 0.169 e. The van der Waals surface area contributed by atoms with E-state index >= 15 is 0 Å². The topological polar surface area (TPSA) is 25.2 Å². The molecular formula is C17H22BrNO. The molecule has 1 N–H and O–H groups in total. The van der Waals surface area contributed by atoms with Crippen molar-refractivity contribution >= 4 is 15.9 Å². The smallest absolute Gasteiger partial charge is 0.169 e. The summed E-state index contributed by atoms with van der Waals surface area (Å²) >= 11 is 3.38. The number of rotatable bonds is 7. The van der Waals surface area contributed by atoms with E-state index in [0.717, 1.165) is 29.8 Å². The van der Waals surface area contributed by atoms with E-state index in [1.807, 2.05) is 12.1 Å². The summed E-state index contributed by atoms with van der Waals surface area (Å²) < 4.78 is 6.51. The fourth-order valence-electron chi connectivity index (χ4n) is 2.32. The molecule has 0 fully saturated rings. The van der Waals surface area contributed by atoms with Crippen LogP contribution >= 0.6 is 15.9 Å². The third-order valence-corrected chi connectivity index (χ3v) is 3.75. The van der Waals surface area contributed by atoms with Gasteiger partial charge in [-0.2, -0.15) is 0 Å². The molecule has 0 amide bonds. The Balaban J connectivity index is 2.21. The minimum absolute atomic E-state index is 0.122. The first kappa shape index (κ1) is 15.3. The lowest BCUT2D eigenvalue weighted by atomic mass is 10.0. The quantitative estimate of drug-likeness (QED) is 0.762. The molecule has 0 bridgehead atoms. The molecule has 0 spiro atoms. The van der Waals surface area contributed by atoms with E-state index in [2.05, 4.69) is 59.4 Å². The summed E-state index contributed by atoms with van der Waals surface area (Å²) in [5, 5.41) is 3.55. The van der Waals surface area contributed by atoms with Crippen LogP contribution in [0.4, 0.5) is 0 Å². The average Bonchev–Trinajstić information content (AvgIpc) is 2.88. The van der Waals surface area contributed by atoms with E-state index in [-0.39, 0.29) is 6.04 Å². The number of benzene rings is 1. The van der Waals surface area contributed by atoms with E-state index < -0.39 is 0 Å². The highest BCUT2D eigenvalue weighted by Gasteiger charge is 2.16. The largest absolute Gasteiger partial charge is 0.452 e. The van der Waals surface area contributed by atoms with Crippen LogP contribution in [0.3, 0.4) is 0 Å². The SMILES string of the molecule is CCCNC(c1ccc(CCC)cc1)c1ccc(Br)o1. The Morgan fingerprint density at radius 3 is 2.35 bits per heavy atom. The third-order valence-electron chi connectivity index (χ3n) is 3.33.